The molecule has 0 radical (unpaired) electrons. The molecule has 5 aliphatic rings. The first-order valence-corrected chi connectivity index (χ1v) is 9.39. The topological polar surface area (TPSA) is 42.8 Å². The zero-order valence-electron chi connectivity index (χ0n) is 13.7. The minimum Gasteiger partial charge on any atom is -0.370 e. The monoisotopic (exact) mass is 307 g/mol. The van der Waals surface area contributed by atoms with Gasteiger partial charge in [-0.2, -0.15) is 0 Å². The molecular weight excluding hydrogens is 276 g/mol. The first-order chi connectivity index (χ1) is 10.7. The maximum Gasteiger partial charge on any atom is 0.220 e. The van der Waals surface area contributed by atoms with Crippen molar-refractivity contribution < 1.29 is 14.4 Å². The van der Waals surface area contributed by atoms with E-state index in [9.17, 15) is 4.79 Å². The van der Waals surface area contributed by atoms with E-state index in [0.29, 0.717) is 11.3 Å². The van der Waals surface area contributed by atoms with Crippen molar-refractivity contribution in [3.8, 4) is 0 Å². The average Bonchev–Trinajstić information content (AvgIpc) is 2.46. The van der Waals surface area contributed by atoms with E-state index >= 15 is 0 Å². The minimum atomic E-state index is 0.314. The SMILES string of the molecule is O=C(CC12CC3CC(CC(C3)C1)C2)NCC[NH+]1CCOCC1. The van der Waals surface area contributed by atoms with Crippen LogP contribution in [0.2, 0.25) is 0 Å². The number of nitrogens with one attached hydrogen (secondary N) is 2. The molecule has 2 N–H and O–H groups in total. The molecule has 1 saturated heterocycles. The van der Waals surface area contributed by atoms with Gasteiger partial charge in [-0.15, -0.1) is 0 Å². The van der Waals surface area contributed by atoms with Crippen LogP contribution in [-0.2, 0) is 9.53 Å². The summed E-state index contributed by atoms with van der Waals surface area (Å²) in [5, 5.41) is 3.20. The van der Waals surface area contributed by atoms with Gasteiger partial charge in [0.25, 0.3) is 0 Å². The molecule has 4 bridgehead atoms. The molecule has 1 heterocycles. The zero-order valence-corrected chi connectivity index (χ0v) is 13.7. The second kappa shape index (κ2) is 6.12. The first-order valence-electron chi connectivity index (χ1n) is 9.39. The standard InChI is InChI=1S/C18H30N2O2/c21-17(19-1-2-20-3-5-22-6-4-20)13-18-10-14-7-15(11-18)9-16(8-14)12-18/h14-16H,1-13H2,(H,19,21)/p+1. The van der Waals surface area contributed by atoms with Crippen molar-refractivity contribution in [2.24, 2.45) is 23.2 Å². The molecule has 4 nitrogen and oxygen atoms in total. The number of carbonyl (C=O) groups excluding carboxylic acids is 1. The molecule has 1 aliphatic heterocycles. The van der Waals surface area contributed by atoms with E-state index in [-0.39, 0.29) is 0 Å². The van der Waals surface area contributed by atoms with E-state index in [1.807, 2.05) is 0 Å². The van der Waals surface area contributed by atoms with E-state index in [2.05, 4.69) is 5.32 Å². The average molecular weight is 307 g/mol. The van der Waals surface area contributed by atoms with Crippen molar-refractivity contribution in [3.63, 3.8) is 0 Å². The van der Waals surface area contributed by atoms with Crippen molar-refractivity contribution in [2.75, 3.05) is 39.4 Å². The Kier molecular flexibility index (Phi) is 4.16. The van der Waals surface area contributed by atoms with Crippen LogP contribution in [0.15, 0.2) is 0 Å². The Bertz CT molecular complexity index is 382. The predicted octanol–water partition coefficient (Wildman–Crippen LogP) is 0.624. The summed E-state index contributed by atoms with van der Waals surface area (Å²) in [4.78, 5) is 14.0. The Hall–Kier alpha value is -0.610. The van der Waals surface area contributed by atoms with Gasteiger partial charge in [0, 0.05) is 6.42 Å². The fourth-order valence-corrected chi connectivity index (χ4v) is 6.20. The molecule has 124 valence electrons. The molecule has 0 aromatic rings. The summed E-state index contributed by atoms with van der Waals surface area (Å²) in [5.74, 6) is 3.14. The third kappa shape index (κ3) is 3.18. The van der Waals surface area contributed by atoms with Gasteiger partial charge < -0.3 is 15.0 Å². The normalized spacial score (nSPS) is 40.8. The molecule has 0 spiro atoms. The molecule has 1 amide bonds. The first kappa shape index (κ1) is 14.9. The Morgan fingerprint density at radius 2 is 1.64 bits per heavy atom. The summed E-state index contributed by atoms with van der Waals surface area (Å²) in [6.07, 6.45) is 9.18. The maximum atomic E-state index is 12.4. The highest BCUT2D eigenvalue weighted by Crippen LogP contribution is 2.61. The number of ether oxygens (including phenoxy) is 1. The van der Waals surface area contributed by atoms with Gasteiger partial charge >= 0.3 is 0 Å². The lowest BCUT2D eigenvalue weighted by atomic mass is 9.49. The van der Waals surface area contributed by atoms with Crippen LogP contribution in [0.25, 0.3) is 0 Å². The maximum absolute atomic E-state index is 12.4. The fraction of sp³-hybridized carbons (Fsp3) is 0.944. The highest BCUT2D eigenvalue weighted by molar-refractivity contribution is 5.76. The number of hydrogen-bond donors (Lipinski definition) is 2. The minimum absolute atomic E-state index is 0.314. The molecule has 0 unspecified atom stereocenters. The van der Waals surface area contributed by atoms with E-state index in [1.54, 1.807) is 4.90 Å². The predicted molar refractivity (Wildman–Crippen MR) is 84.6 cm³/mol. The van der Waals surface area contributed by atoms with Crippen LogP contribution >= 0.6 is 0 Å². The zero-order chi connectivity index (χ0) is 15.0. The van der Waals surface area contributed by atoms with Gasteiger partial charge in [0.1, 0.15) is 13.1 Å². The van der Waals surface area contributed by atoms with Gasteiger partial charge in [-0.3, -0.25) is 4.79 Å². The number of quaternary nitrogens is 1. The van der Waals surface area contributed by atoms with Crippen LogP contribution in [0.5, 0.6) is 0 Å². The van der Waals surface area contributed by atoms with Crippen LogP contribution in [-0.4, -0.2) is 45.3 Å². The third-order valence-electron chi connectivity index (χ3n) is 6.70. The van der Waals surface area contributed by atoms with Gasteiger partial charge in [0.05, 0.1) is 26.3 Å². The highest BCUT2D eigenvalue weighted by atomic mass is 16.5. The molecular formula is C18H31N2O2+. The molecule has 0 atom stereocenters. The third-order valence-corrected chi connectivity index (χ3v) is 6.70. The lowest BCUT2D eigenvalue weighted by Crippen LogP contribution is -3.14. The van der Waals surface area contributed by atoms with Crippen molar-refractivity contribution in [1.29, 1.82) is 0 Å². The van der Waals surface area contributed by atoms with E-state index in [4.69, 9.17) is 4.74 Å². The Balaban J connectivity index is 1.24. The fourth-order valence-electron chi connectivity index (χ4n) is 6.20. The van der Waals surface area contributed by atoms with Gasteiger partial charge in [0.2, 0.25) is 5.91 Å². The highest BCUT2D eigenvalue weighted by Gasteiger charge is 2.51. The Morgan fingerprint density at radius 3 is 2.23 bits per heavy atom. The largest absolute Gasteiger partial charge is 0.370 e. The summed E-state index contributed by atoms with van der Waals surface area (Å²) in [5.41, 5.74) is 0.380. The molecule has 22 heavy (non-hydrogen) atoms. The number of carbonyl (C=O) groups is 1. The van der Waals surface area contributed by atoms with Crippen LogP contribution in [0.1, 0.15) is 44.9 Å². The van der Waals surface area contributed by atoms with Gasteiger partial charge in [-0.05, 0) is 61.7 Å². The summed E-state index contributed by atoms with van der Waals surface area (Å²) in [7, 11) is 0. The second-order valence-corrected chi connectivity index (χ2v) is 8.56. The van der Waals surface area contributed by atoms with E-state index in [1.165, 1.54) is 38.5 Å². The summed E-state index contributed by atoms with van der Waals surface area (Å²) in [6, 6.07) is 0. The summed E-state index contributed by atoms with van der Waals surface area (Å²) >= 11 is 0. The van der Waals surface area contributed by atoms with Gasteiger partial charge in [0.15, 0.2) is 0 Å². The molecule has 5 rings (SSSR count). The van der Waals surface area contributed by atoms with E-state index in [0.717, 1.165) is 63.6 Å². The Labute approximate surface area is 134 Å². The Morgan fingerprint density at radius 1 is 1.05 bits per heavy atom. The van der Waals surface area contributed by atoms with Crippen molar-refractivity contribution in [3.05, 3.63) is 0 Å². The van der Waals surface area contributed by atoms with Gasteiger partial charge in [-0.25, -0.2) is 0 Å². The van der Waals surface area contributed by atoms with Crippen LogP contribution in [0.4, 0.5) is 0 Å². The molecule has 4 saturated carbocycles. The molecule has 0 aromatic carbocycles. The van der Waals surface area contributed by atoms with Crippen LogP contribution < -0.4 is 10.2 Å². The smallest absolute Gasteiger partial charge is 0.220 e. The summed E-state index contributed by atoms with van der Waals surface area (Å²) < 4.78 is 5.38. The second-order valence-electron chi connectivity index (χ2n) is 8.56. The van der Waals surface area contributed by atoms with Gasteiger partial charge in [-0.1, -0.05) is 0 Å². The molecule has 4 aliphatic carbocycles. The molecule has 0 aromatic heterocycles. The van der Waals surface area contributed by atoms with Crippen LogP contribution in [0.3, 0.4) is 0 Å². The number of amides is 1. The quantitative estimate of drug-likeness (QED) is 0.782. The lowest BCUT2D eigenvalue weighted by Gasteiger charge is -2.56. The molecule has 4 heteroatoms. The van der Waals surface area contributed by atoms with Crippen molar-refractivity contribution >= 4 is 5.91 Å². The number of rotatable bonds is 5. The van der Waals surface area contributed by atoms with Crippen molar-refractivity contribution in [2.45, 2.75) is 44.9 Å². The number of hydrogen-bond acceptors (Lipinski definition) is 2. The lowest BCUT2D eigenvalue weighted by molar-refractivity contribution is -0.906. The van der Waals surface area contributed by atoms with Crippen LogP contribution in [0, 0.1) is 23.2 Å². The molecule has 5 fully saturated rings. The number of morpholine rings is 1. The van der Waals surface area contributed by atoms with Crippen molar-refractivity contribution in [1.82, 2.24) is 5.32 Å². The summed E-state index contributed by atoms with van der Waals surface area (Å²) in [6.45, 7) is 5.80. The van der Waals surface area contributed by atoms with E-state index < -0.39 is 0 Å².